The molecule has 1 aromatic rings. The van der Waals surface area contributed by atoms with Gasteiger partial charge in [0.25, 0.3) is 11.8 Å². The molecular formula is C18H25N4O5+. The van der Waals surface area contributed by atoms with Crippen molar-refractivity contribution in [3.05, 3.63) is 24.3 Å². The molecule has 1 fully saturated rings. The molecule has 2 heterocycles. The maximum atomic E-state index is 12.7. The summed E-state index contributed by atoms with van der Waals surface area (Å²) >= 11 is 0. The van der Waals surface area contributed by atoms with Crippen molar-refractivity contribution >= 4 is 17.8 Å². The van der Waals surface area contributed by atoms with Crippen LogP contribution in [0.15, 0.2) is 24.3 Å². The predicted molar refractivity (Wildman–Crippen MR) is 95.7 cm³/mol. The van der Waals surface area contributed by atoms with Crippen molar-refractivity contribution in [2.24, 2.45) is 0 Å². The van der Waals surface area contributed by atoms with Gasteiger partial charge in [-0.15, -0.1) is 0 Å². The van der Waals surface area contributed by atoms with Crippen molar-refractivity contribution in [1.29, 1.82) is 0 Å². The van der Waals surface area contributed by atoms with Gasteiger partial charge in [-0.25, -0.2) is 4.79 Å². The number of carbonyl (C=O) groups excluding carboxylic acids is 3. The highest BCUT2D eigenvalue weighted by atomic mass is 16.6. The number of carbonyl (C=O) groups is 3. The number of ether oxygens (including phenoxy) is 2. The summed E-state index contributed by atoms with van der Waals surface area (Å²) in [7, 11) is 0. The highest BCUT2D eigenvalue weighted by Crippen LogP contribution is 2.31. The lowest BCUT2D eigenvalue weighted by Crippen LogP contribution is -3.16. The van der Waals surface area contributed by atoms with Crippen LogP contribution in [-0.2, 0) is 9.59 Å². The summed E-state index contributed by atoms with van der Waals surface area (Å²) in [4.78, 5) is 38.7. The maximum absolute atomic E-state index is 12.7. The number of urea groups is 1. The van der Waals surface area contributed by atoms with Crippen LogP contribution in [0.4, 0.5) is 4.79 Å². The summed E-state index contributed by atoms with van der Waals surface area (Å²) in [5.41, 5.74) is 0. The van der Waals surface area contributed by atoms with Crippen molar-refractivity contribution in [2.75, 3.05) is 45.9 Å². The first kappa shape index (κ1) is 19.0. The zero-order valence-electron chi connectivity index (χ0n) is 15.3. The molecule has 0 saturated carbocycles. The second-order valence-corrected chi connectivity index (χ2v) is 6.52. The first-order chi connectivity index (χ1) is 13.1. The molecule has 1 saturated heterocycles. The van der Waals surface area contributed by atoms with E-state index >= 15 is 0 Å². The average molecular weight is 377 g/mol. The number of rotatable bonds is 4. The van der Waals surface area contributed by atoms with Gasteiger partial charge in [-0.2, -0.15) is 0 Å². The number of fused-ring (bicyclic) bond motifs is 1. The molecule has 3 rings (SSSR count). The number of imide groups is 1. The maximum Gasteiger partial charge on any atom is 0.321 e. The monoisotopic (exact) mass is 377 g/mol. The molecule has 2 aliphatic heterocycles. The van der Waals surface area contributed by atoms with Gasteiger partial charge in [0.1, 0.15) is 6.61 Å². The molecule has 3 N–H and O–H groups in total. The molecule has 2 aliphatic rings. The summed E-state index contributed by atoms with van der Waals surface area (Å²) in [5.74, 6) is 0.800. The van der Waals surface area contributed by atoms with Gasteiger partial charge < -0.3 is 24.6 Å². The molecule has 146 valence electrons. The number of para-hydroxylation sites is 2. The molecule has 1 aromatic carbocycles. The van der Waals surface area contributed by atoms with E-state index in [2.05, 4.69) is 10.6 Å². The zero-order valence-corrected chi connectivity index (χ0v) is 15.3. The Morgan fingerprint density at radius 3 is 2.59 bits per heavy atom. The van der Waals surface area contributed by atoms with Crippen LogP contribution in [0.2, 0.25) is 0 Å². The van der Waals surface area contributed by atoms with Crippen molar-refractivity contribution in [3.63, 3.8) is 0 Å². The first-order valence-electron chi connectivity index (χ1n) is 9.15. The van der Waals surface area contributed by atoms with E-state index in [1.165, 1.54) is 0 Å². The predicted octanol–water partition coefficient (Wildman–Crippen LogP) is -1.60. The molecule has 0 spiro atoms. The normalized spacial score (nSPS) is 19.3. The van der Waals surface area contributed by atoms with Crippen LogP contribution in [0.1, 0.15) is 6.92 Å². The Morgan fingerprint density at radius 2 is 1.89 bits per heavy atom. The minimum atomic E-state index is -0.650. The fourth-order valence-corrected chi connectivity index (χ4v) is 3.17. The fraction of sp³-hybridized carbons (Fsp3) is 0.500. The Bertz CT molecular complexity index is 703. The zero-order chi connectivity index (χ0) is 19.2. The number of piperazine rings is 1. The van der Waals surface area contributed by atoms with Gasteiger partial charge in [0, 0.05) is 6.54 Å². The number of benzene rings is 1. The largest absolute Gasteiger partial charge is 0.485 e. The molecule has 0 bridgehead atoms. The van der Waals surface area contributed by atoms with Crippen LogP contribution < -0.4 is 25.0 Å². The van der Waals surface area contributed by atoms with Crippen molar-refractivity contribution in [2.45, 2.75) is 13.0 Å². The van der Waals surface area contributed by atoms with Crippen LogP contribution in [0.25, 0.3) is 0 Å². The first-order valence-corrected chi connectivity index (χ1v) is 9.15. The minimum absolute atomic E-state index is 0.102. The van der Waals surface area contributed by atoms with Crippen LogP contribution in [0.5, 0.6) is 11.5 Å². The van der Waals surface area contributed by atoms with E-state index in [1.807, 2.05) is 18.2 Å². The van der Waals surface area contributed by atoms with Crippen LogP contribution >= 0.6 is 0 Å². The number of quaternary nitrogens is 1. The van der Waals surface area contributed by atoms with Gasteiger partial charge in [0.2, 0.25) is 6.10 Å². The molecule has 4 amide bonds. The number of hydrogen-bond acceptors (Lipinski definition) is 5. The number of nitrogens with zero attached hydrogens (tertiary/aromatic N) is 1. The molecule has 27 heavy (non-hydrogen) atoms. The number of amides is 4. The molecule has 0 aromatic heterocycles. The Morgan fingerprint density at radius 1 is 1.19 bits per heavy atom. The highest BCUT2D eigenvalue weighted by Gasteiger charge is 2.34. The average Bonchev–Trinajstić information content (AvgIpc) is 2.67. The Labute approximate surface area is 157 Å². The lowest BCUT2D eigenvalue weighted by molar-refractivity contribution is -0.896. The Hall–Kier alpha value is -2.81. The van der Waals surface area contributed by atoms with Crippen molar-refractivity contribution < 1.29 is 28.8 Å². The van der Waals surface area contributed by atoms with Crippen LogP contribution in [-0.4, -0.2) is 74.7 Å². The Kier molecular flexibility index (Phi) is 6.12. The SMILES string of the molecule is CCNC(=O)NC(=O)C[NH+]1CCN(C(=O)[C@H]2COc3ccccc3O2)CC1. The highest BCUT2D eigenvalue weighted by molar-refractivity contribution is 5.94. The number of hydrogen-bond donors (Lipinski definition) is 3. The Balaban J connectivity index is 1.44. The van der Waals surface area contributed by atoms with Crippen molar-refractivity contribution in [3.8, 4) is 11.5 Å². The lowest BCUT2D eigenvalue weighted by atomic mass is 10.2. The van der Waals surface area contributed by atoms with Crippen LogP contribution in [0.3, 0.4) is 0 Å². The third-order valence-electron chi connectivity index (χ3n) is 4.57. The van der Waals surface area contributed by atoms with Gasteiger partial charge in [-0.05, 0) is 19.1 Å². The van der Waals surface area contributed by atoms with Crippen LogP contribution in [0, 0.1) is 0 Å². The molecule has 0 radical (unpaired) electrons. The van der Waals surface area contributed by atoms with E-state index in [9.17, 15) is 14.4 Å². The molecule has 9 heteroatoms. The quantitative estimate of drug-likeness (QED) is 0.587. The fourth-order valence-electron chi connectivity index (χ4n) is 3.17. The lowest BCUT2D eigenvalue weighted by Gasteiger charge is -2.35. The summed E-state index contributed by atoms with van der Waals surface area (Å²) in [6.07, 6.45) is -0.650. The summed E-state index contributed by atoms with van der Waals surface area (Å²) in [6.45, 7) is 4.98. The van der Waals surface area contributed by atoms with E-state index in [0.29, 0.717) is 44.2 Å². The van der Waals surface area contributed by atoms with E-state index in [4.69, 9.17) is 9.47 Å². The smallest absolute Gasteiger partial charge is 0.321 e. The van der Waals surface area contributed by atoms with Crippen molar-refractivity contribution in [1.82, 2.24) is 15.5 Å². The van der Waals surface area contributed by atoms with E-state index < -0.39 is 12.1 Å². The third kappa shape index (κ3) is 4.88. The second kappa shape index (κ2) is 8.72. The molecular weight excluding hydrogens is 352 g/mol. The summed E-state index contributed by atoms with van der Waals surface area (Å²) < 4.78 is 11.4. The molecule has 1 atom stereocenters. The second-order valence-electron chi connectivity index (χ2n) is 6.52. The van der Waals surface area contributed by atoms with Gasteiger partial charge in [0.05, 0.1) is 26.2 Å². The van der Waals surface area contributed by atoms with Gasteiger partial charge in [-0.3, -0.25) is 14.9 Å². The van der Waals surface area contributed by atoms with E-state index in [1.54, 1.807) is 17.9 Å². The van der Waals surface area contributed by atoms with Gasteiger partial charge in [0.15, 0.2) is 18.0 Å². The summed E-state index contributed by atoms with van der Waals surface area (Å²) in [6, 6.07) is 6.80. The number of nitrogens with one attached hydrogen (secondary N) is 3. The van der Waals surface area contributed by atoms with Gasteiger partial charge >= 0.3 is 6.03 Å². The van der Waals surface area contributed by atoms with Gasteiger partial charge in [-0.1, -0.05) is 12.1 Å². The molecule has 9 nitrogen and oxygen atoms in total. The topological polar surface area (TPSA) is 101 Å². The molecule has 0 unspecified atom stereocenters. The van der Waals surface area contributed by atoms with E-state index in [0.717, 1.165) is 4.90 Å². The standard InChI is InChI=1S/C18H24N4O5/c1-2-19-18(25)20-16(23)11-21-7-9-22(10-8-21)17(24)15-12-26-13-5-3-4-6-14(13)27-15/h3-6,15H,2,7-12H2,1H3,(H2,19,20,23,25)/p+1/t15-/m1/s1. The minimum Gasteiger partial charge on any atom is -0.485 e. The summed E-state index contributed by atoms with van der Waals surface area (Å²) in [5, 5.41) is 4.82. The molecule has 0 aliphatic carbocycles. The third-order valence-corrected chi connectivity index (χ3v) is 4.57. The van der Waals surface area contributed by atoms with E-state index in [-0.39, 0.29) is 25.0 Å².